The summed E-state index contributed by atoms with van der Waals surface area (Å²) in [5.41, 5.74) is 5.99. The van der Waals surface area contributed by atoms with E-state index in [1.165, 1.54) is 11.8 Å². The highest BCUT2D eigenvalue weighted by molar-refractivity contribution is 7.98. The van der Waals surface area contributed by atoms with Crippen molar-refractivity contribution in [1.29, 1.82) is 0 Å². The van der Waals surface area contributed by atoms with Gasteiger partial charge in [0.25, 0.3) is 0 Å². The van der Waals surface area contributed by atoms with E-state index >= 15 is 0 Å². The topological polar surface area (TPSA) is 188 Å². The number of carbonyl (C=O) groups is 5. The van der Waals surface area contributed by atoms with Gasteiger partial charge in [0.2, 0.25) is 17.7 Å². The van der Waals surface area contributed by atoms with Crippen LogP contribution in [-0.2, 0) is 24.0 Å². The van der Waals surface area contributed by atoms with Crippen LogP contribution < -0.4 is 21.7 Å². The van der Waals surface area contributed by atoms with Gasteiger partial charge in [-0.1, -0.05) is 40.5 Å². The van der Waals surface area contributed by atoms with Crippen LogP contribution in [0.1, 0.15) is 59.8 Å². The van der Waals surface area contributed by atoms with E-state index in [2.05, 4.69) is 16.0 Å². The van der Waals surface area contributed by atoms with E-state index in [1.807, 2.05) is 27.0 Å². The Morgan fingerprint density at radius 1 is 0.824 bits per heavy atom. The number of carboxylic acids is 2. The van der Waals surface area contributed by atoms with Crippen LogP contribution in [-0.4, -0.2) is 76.0 Å². The zero-order valence-electron chi connectivity index (χ0n) is 20.6. The van der Waals surface area contributed by atoms with Crippen molar-refractivity contribution in [3.8, 4) is 0 Å². The number of aliphatic carboxylic acids is 2. The van der Waals surface area contributed by atoms with Gasteiger partial charge in [-0.2, -0.15) is 11.8 Å². The molecule has 7 N–H and O–H groups in total. The smallest absolute Gasteiger partial charge is 0.326 e. The quantitative estimate of drug-likeness (QED) is 0.164. The van der Waals surface area contributed by atoms with E-state index < -0.39 is 60.2 Å². The molecule has 196 valence electrons. The van der Waals surface area contributed by atoms with Gasteiger partial charge in [-0.05, 0) is 36.7 Å². The average Bonchev–Trinajstić information content (AvgIpc) is 2.80. The molecule has 11 nitrogen and oxygen atoms in total. The number of hydrogen-bond donors (Lipinski definition) is 6. The van der Waals surface area contributed by atoms with Crippen molar-refractivity contribution >= 4 is 41.4 Å². The molecule has 0 heterocycles. The second-order valence-electron chi connectivity index (χ2n) is 8.46. The number of nitrogens with two attached hydrogens (primary N) is 1. The van der Waals surface area contributed by atoms with Gasteiger partial charge in [0.1, 0.15) is 18.1 Å². The molecule has 0 saturated carbocycles. The van der Waals surface area contributed by atoms with Crippen molar-refractivity contribution in [1.82, 2.24) is 16.0 Å². The van der Waals surface area contributed by atoms with Gasteiger partial charge in [0.15, 0.2) is 0 Å². The minimum atomic E-state index is -1.41. The maximum atomic E-state index is 13.1. The van der Waals surface area contributed by atoms with Crippen molar-refractivity contribution in [2.75, 3.05) is 12.0 Å². The van der Waals surface area contributed by atoms with Crippen LogP contribution in [0.4, 0.5) is 0 Å². The molecule has 0 saturated heterocycles. The Morgan fingerprint density at radius 2 is 1.38 bits per heavy atom. The van der Waals surface area contributed by atoms with Crippen LogP contribution >= 0.6 is 11.8 Å². The lowest BCUT2D eigenvalue weighted by atomic mass is 9.96. The van der Waals surface area contributed by atoms with E-state index in [0.29, 0.717) is 25.0 Å². The summed E-state index contributed by atoms with van der Waals surface area (Å²) in [6.45, 7) is 7.29. The molecule has 3 amide bonds. The molecular formula is C22H40N4O7S. The summed E-state index contributed by atoms with van der Waals surface area (Å²) < 4.78 is 0. The largest absolute Gasteiger partial charge is 0.481 e. The maximum absolute atomic E-state index is 13.1. The lowest BCUT2D eigenvalue weighted by molar-refractivity contribution is -0.143. The molecule has 0 aliphatic heterocycles. The zero-order chi connectivity index (χ0) is 26.4. The van der Waals surface area contributed by atoms with E-state index in [9.17, 15) is 29.1 Å². The fourth-order valence-electron chi connectivity index (χ4n) is 3.03. The molecule has 0 aromatic carbocycles. The number of amides is 3. The summed E-state index contributed by atoms with van der Waals surface area (Å²) >= 11 is 1.49. The zero-order valence-corrected chi connectivity index (χ0v) is 21.4. The molecule has 0 fully saturated rings. The van der Waals surface area contributed by atoms with E-state index in [0.717, 1.165) is 0 Å². The van der Waals surface area contributed by atoms with Crippen molar-refractivity contribution in [3.05, 3.63) is 0 Å². The first-order valence-corrected chi connectivity index (χ1v) is 12.9. The Balaban J connectivity index is 5.55. The summed E-state index contributed by atoms with van der Waals surface area (Å²) in [5, 5.41) is 25.8. The van der Waals surface area contributed by atoms with Gasteiger partial charge >= 0.3 is 11.9 Å². The van der Waals surface area contributed by atoms with E-state index in [4.69, 9.17) is 10.8 Å². The van der Waals surface area contributed by atoms with E-state index in [1.54, 1.807) is 6.92 Å². The first-order valence-electron chi connectivity index (χ1n) is 11.5. The molecule has 34 heavy (non-hydrogen) atoms. The van der Waals surface area contributed by atoms with Crippen molar-refractivity contribution in [3.63, 3.8) is 0 Å². The molecule has 0 bridgehead atoms. The van der Waals surface area contributed by atoms with Crippen LogP contribution in [0.3, 0.4) is 0 Å². The van der Waals surface area contributed by atoms with Crippen molar-refractivity contribution in [2.45, 2.75) is 84.0 Å². The Labute approximate surface area is 205 Å². The number of thioether (sulfide) groups is 1. The van der Waals surface area contributed by atoms with Crippen LogP contribution in [0.15, 0.2) is 0 Å². The highest BCUT2D eigenvalue weighted by atomic mass is 32.2. The summed E-state index contributed by atoms with van der Waals surface area (Å²) in [6.07, 6.45) is 2.65. The SMILES string of the molecule is CCC(C)C(N)C(=O)NC(CCSC)C(=O)NC(C(=O)NC(CCC(=O)O)C(=O)O)C(C)CC. The van der Waals surface area contributed by atoms with Crippen LogP contribution in [0, 0.1) is 11.8 Å². The Kier molecular flexibility index (Phi) is 15.2. The number of carbonyl (C=O) groups excluding carboxylic acids is 3. The third-order valence-corrected chi connectivity index (χ3v) is 6.50. The average molecular weight is 505 g/mol. The van der Waals surface area contributed by atoms with Crippen molar-refractivity contribution < 1.29 is 34.2 Å². The predicted molar refractivity (Wildman–Crippen MR) is 130 cm³/mol. The summed E-state index contributed by atoms with van der Waals surface area (Å²) in [7, 11) is 0. The maximum Gasteiger partial charge on any atom is 0.326 e. The molecule has 0 aliphatic carbocycles. The number of nitrogens with one attached hydrogen (secondary N) is 3. The molecule has 6 unspecified atom stereocenters. The first-order chi connectivity index (χ1) is 15.9. The predicted octanol–water partition coefficient (Wildman–Crippen LogP) is 0.563. The first kappa shape index (κ1) is 31.7. The number of hydrogen-bond acceptors (Lipinski definition) is 7. The molecule has 0 spiro atoms. The van der Waals surface area contributed by atoms with E-state index in [-0.39, 0.29) is 18.3 Å². The highest BCUT2D eigenvalue weighted by Gasteiger charge is 2.33. The summed E-state index contributed by atoms with van der Waals surface area (Å²) in [6, 6.07) is -4.18. The third kappa shape index (κ3) is 11.2. The standard InChI is InChI=1S/C22H40N4O7S/c1-6-12(3)17(23)20(30)24-14(10-11-34-5)19(29)26-18(13(4)7-2)21(31)25-15(22(32)33)8-9-16(27)28/h12-15,17-18H,6-11,23H2,1-5H3,(H,24,30)(H,25,31)(H,26,29)(H,27,28)(H,32,33). The van der Waals surface area contributed by atoms with Gasteiger partial charge in [-0.15, -0.1) is 0 Å². The minimum Gasteiger partial charge on any atom is -0.481 e. The van der Waals surface area contributed by atoms with Crippen molar-refractivity contribution in [2.24, 2.45) is 17.6 Å². The second-order valence-corrected chi connectivity index (χ2v) is 9.44. The van der Waals surface area contributed by atoms with Crippen LogP contribution in [0.25, 0.3) is 0 Å². The summed E-state index contributed by atoms with van der Waals surface area (Å²) in [4.78, 5) is 60.8. The summed E-state index contributed by atoms with van der Waals surface area (Å²) in [5.74, 6) is -4.17. The fourth-order valence-corrected chi connectivity index (χ4v) is 3.50. The Bertz CT molecular complexity index is 707. The van der Waals surface area contributed by atoms with Gasteiger partial charge in [0.05, 0.1) is 6.04 Å². The molecule has 0 aromatic heterocycles. The molecular weight excluding hydrogens is 464 g/mol. The van der Waals surface area contributed by atoms with Gasteiger partial charge in [-0.3, -0.25) is 19.2 Å². The molecule has 0 rings (SSSR count). The highest BCUT2D eigenvalue weighted by Crippen LogP contribution is 2.12. The molecule has 12 heteroatoms. The minimum absolute atomic E-state index is 0.0818. The molecule has 0 radical (unpaired) electrons. The van der Waals surface area contributed by atoms with Crippen LogP contribution in [0.2, 0.25) is 0 Å². The second kappa shape index (κ2) is 16.3. The van der Waals surface area contributed by atoms with Crippen LogP contribution in [0.5, 0.6) is 0 Å². The number of carboxylic acid groups (broad SMARTS) is 2. The monoisotopic (exact) mass is 504 g/mol. The Morgan fingerprint density at radius 3 is 1.85 bits per heavy atom. The normalized spacial score (nSPS) is 16.3. The van der Waals surface area contributed by atoms with Gasteiger partial charge in [-0.25, -0.2) is 4.79 Å². The molecule has 6 atom stereocenters. The van der Waals surface area contributed by atoms with Gasteiger partial charge in [0, 0.05) is 6.42 Å². The lowest BCUT2D eigenvalue weighted by Gasteiger charge is -2.28. The Hall–Kier alpha value is -2.34. The third-order valence-electron chi connectivity index (χ3n) is 5.86. The molecule has 0 aromatic rings. The number of rotatable bonds is 17. The lowest BCUT2D eigenvalue weighted by Crippen LogP contribution is -2.59. The molecule has 0 aliphatic rings. The van der Waals surface area contributed by atoms with Gasteiger partial charge < -0.3 is 31.9 Å². The fraction of sp³-hybridized carbons (Fsp3) is 0.773.